The molecule has 0 aliphatic heterocycles. The summed E-state index contributed by atoms with van der Waals surface area (Å²) in [6.07, 6.45) is -0.817. The van der Waals surface area contributed by atoms with Crippen LogP contribution >= 0.6 is 8.03 Å². The first-order valence-corrected chi connectivity index (χ1v) is 12.0. The van der Waals surface area contributed by atoms with E-state index in [0.29, 0.717) is 22.5 Å². The molecule has 3 unspecified atom stereocenters. The van der Waals surface area contributed by atoms with Crippen LogP contribution in [-0.4, -0.2) is 32.7 Å². The van der Waals surface area contributed by atoms with E-state index in [1.165, 1.54) is 12.1 Å². The van der Waals surface area contributed by atoms with Crippen LogP contribution in [0.1, 0.15) is 31.9 Å². The van der Waals surface area contributed by atoms with Crippen molar-refractivity contribution in [3.8, 4) is 28.1 Å². The predicted octanol–water partition coefficient (Wildman–Crippen LogP) is 5.62. The molecule has 3 rings (SSSR count). The Morgan fingerprint density at radius 2 is 1.79 bits per heavy atom. The molecule has 2 N–H and O–H groups in total. The number of aliphatic hydroxyl groups excluding tert-OH is 1. The molecule has 0 amide bonds. The highest BCUT2D eigenvalue weighted by atomic mass is 31.1. The van der Waals surface area contributed by atoms with Gasteiger partial charge in [-0.05, 0) is 40.3 Å². The van der Waals surface area contributed by atoms with Gasteiger partial charge in [0.15, 0.2) is 5.75 Å². The SMILES string of the molecule is C=CC(C(O)CC(=O)Oc1c(-c2ccc(F)cc2)cc(-c2ccccc2)nc1C(C)C)[P+](=O)O. The van der Waals surface area contributed by atoms with Gasteiger partial charge in [0, 0.05) is 11.1 Å². The maximum atomic E-state index is 13.6. The summed E-state index contributed by atoms with van der Waals surface area (Å²) in [6.45, 7) is 7.24. The smallest absolute Gasteiger partial charge is 0.424 e. The summed E-state index contributed by atoms with van der Waals surface area (Å²) in [5.41, 5.74) is 2.02. The lowest BCUT2D eigenvalue weighted by Crippen LogP contribution is -2.26. The van der Waals surface area contributed by atoms with Crippen molar-refractivity contribution in [2.75, 3.05) is 0 Å². The summed E-state index contributed by atoms with van der Waals surface area (Å²) in [6, 6.07) is 17.1. The van der Waals surface area contributed by atoms with Crippen molar-refractivity contribution in [3.63, 3.8) is 0 Å². The summed E-state index contributed by atoms with van der Waals surface area (Å²) in [7, 11) is -2.76. The first-order chi connectivity index (χ1) is 16.2. The van der Waals surface area contributed by atoms with Gasteiger partial charge in [0.2, 0.25) is 5.66 Å². The first-order valence-electron chi connectivity index (χ1n) is 10.7. The van der Waals surface area contributed by atoms with Gasteiger partial charge in [-0.15, -0.1) is 0 Å². The molecule has 34 heavy (non-hydrogen) atoms. The number of nitrogens with zero attached hydrogens (tertiary/aromatic N) is 1. The van der Waals surface area contributed by atoms with Gasteiger partial charge < -0.3 is 9.84 Å². The van der Waals surface area contributed by atoms with Gasteiger partial charge in [-0.25, -0.2) is 9.37 Å². The quantitative estimate of drug-likeness (QED) is 0.233. The van der Waals surface area contributed by atoms with Crippen LogP contribution in [0.5, 0.6) is 5.75 Å². The lowest BCUT2D eigenvalue weighted by Gasteiger charge is -2.19. The van der Waals surface area contributed by atoms with E-state index in [9.17, 15) is 23.7 Å². The normalized spacial score (nSPS) is 13.3. The third kappa shape index (κ3) is 6.00. The van der Waals surface area contributed by atoms with Crippen LogP contribution in [0.25, 0.3) is 22.4 Å². The largest absolute Gasteiger partial charge is 0.515 e. The zero-order valence-electron chi connectivity index (χ0n) is 18.9. The van der Waals surface area contributed by atoms with E-state index in [1.807, 2.05) is 44.2 Å². The number of halogens is 1. The molecule has 6 nitrogen and oxygen atoms in total. The van der Waals surface area contributed by atoms with Gasteiger partial charge in [-0.2, -0.15) is 4.89 Å². The minimum atomic E-state index is -2.76. The van der Waals surface area contributed by atoms with Crippen LogP contribution in [0.15, 0.2) is 73.3 Å². The number of rotatable bonds is 9. The number of ether oxygens (including phenoxy) is 1. The molecule has 8 heteroatoms. The van der Waals surface area contributed by atoms with Crippen molar-refractivity contribution < 1.29 is 28.5 Å². The Labute approximate surface area is 198 Å². The molecule has 0 aliphatic carbocycles. The van der Waals surface area contributed by atoms with Gasteiger partial charge in [0.1, 0.15) is 11.9 Å². The zero-order chi connectivity index (χ0) is 24.8. The van der Waals surface area contributed by atoms with Crippen LogP contribution < -0.4 is 4.74 Å². The second-order valence-corrected chi connectivity index (χ2v) is 9.27. The molecule has 0 saturated heterocycles. The summed E-state index contributed by atoms with van der Waals surface area (Å²) in [4.78, 5) is 26.8. The van der Waals surface area contributed by atoms with Crippen molar-refractivity contribution in [3.05, 3.63) is 84.8 Å². The van der Waals surface area contributed by atoms with E-state index >= 15 is 0 Å². The molecule has 0 radical (unpaired) electrons. The summed E-state index contributed by atoms with van der Waals surface area (Å²) in [5.74, 6) is -1.14. The monoisotopic (exact) mass is 482 g/mol. The Balaban J connectivity index is 2.09. The highest BCUT2D eigenvalue weighted by molar-refractivity contribution is 7.39. The molecule has 3 atom stereocenters. The number of carbonyl (C=O) groups is 1. The summed E-state index contributed by atoms with van der Waals surface area (Å²) >= 11 is 0. The van der Waals surface area contributed by atoms with E-state index in [2.05, 4.69) is 6.58 Å². The second-order valence-electron chi connectivity index (χ2n) is 8.07. The van der Waals surface area contributed by atoms with Gasteiger partial charge in [-0.1, -0.05) is 62.9 Å². The first kappa shape index (κ1) is 25.4. The summed E-state index contributed by atoms with van der Waals surface area (Å²) < 4.78 is 30.7. The van der Waals surface area contributed by atoms with Gasteiger partial charge >= 0.3 is 14.0 Å². The number of hydrogen-bond donors (Lipinski definition) is 2. The van der Waals surface area contributed by atoms with Gasteiger partial charge in [0.05, 0.1) is 17.8 Å². The van der Waals surface area contributed by atoms with E-state index in [0.717, 1.165) is 11.6 Å². The minimum Gasteiger partial charge on any atom is -0.424 e. The third-order valence-electron chi connectivity index (χ3n) is 5.25. The average molecular weight is 482 g/mol. The second kappa shape index (κ2) is 11.3. The fraction of sp³-hybridized carbons (Fsp3) is 0.231. The van der Waals surface area contributed by atoms with Crippen LogP contribution in [0.4, 0.5) is 4.39 Å². The minimum absolute atomic E-state index is 0.136. The molecule has 176 valence electrons. The topological polar surface area (TPSA) is 96.7 Å². The molecule has 1 heterocycles. The van der Waals surface area contributed by atoms with Crippen molar-refractivity contribution in [2.45, 2.75) is 37.9 Å². The average Bonchev–Trinajstić information content (AvgIpc) is 2.80. The number of aromatic nitrogens is 1. The Bertz CT molecular complexity index is 1180. The fourth-order valence-electron chi connectivity index (χ4n) is 3.49. The van der Waals surface area contributed by atoms with Crippen molar-refractivity contribution in [1.29, 1.82) is 0 Å². The zero-order valence-corrected chi connectivity index (χ0v) is 19.8. The molecule has 0 aliphatic rings. The number of esters is 1. The van der Waals surface area contributed by atoms with E-state index < -0.39 is 38.0 Å². The number of pyridine rings is 1. The molecule has 3 aromatic rings. The molecular weight excluding hydrogens is 456 g/mol. The Kier molecular flexibility index (Phi) is 8.40. The number of carbonyl (C=O) groups excluding carboxylic acids is 1. The number of hydrogen-bond acceptors (Lipinski definition) is 5. The Hall–Kier alpha value is -3.25. The van der Waals surface area contributed by atoms with Crippen molar-refractivity contribution >= 4 is 14.0 Å². The maximum absolute atomic E-state index is 13.6. The van der Waals surface area contributed by atoms with Crippen LogP contribution in [-0.2, 0) is 9.36 Å². The Morgan fingerprint density at radius 3 is 2.35 bits per heavy atom. The fourth-order valence-corrected chi connectivity index (χ4v) is 4.07. The van der Waals surface area contributed by atoms with E-state index in [4.69, 9.17) is 9.72 Å². The number of aliphatic hydroxyl groups is 1. The van der Waals surface area contributed by atoms with E-state index in [-0.39, 0.29) is 11.7 Å². The lowest BCUT2D eigenvalue weighted by molar-refractivity contribution is -0.136. The van der Waals surface area contributed by atoms with Crippen LogP contribution in [0, 0.1) is 5.82 Å². The summed E-state index contributed by atoms with van der Waals surface area (Å²) in [5, 5.41) is 10.2. The van der Waals surface area contributed by atoms with Gasteiger partial charge in [0.25, 0.3) is 0 Å². The predicted molar refractivity (Wildman–Crippen MR) is 129 cm³/mol. The maximum Gasteiger partial charge on any atom is 0.515 e. The van der Waals surface area contributed by atoms with Crippen molar-refractivity contribution in [2.24, 2.45) is 0 Å². The van der Waals surface area contributed by atoms with Crippen molar-refractivity contribution in [1.82, 2.24) is 4.98 Å². The highest BCUT2D eigenvalue weighted by Gasteiger charge is 2.36. The molecule has 0 saturated carbocycles. The van der Waals surface area contributed by atoms with E-state index in [1.54, 1.807) is 18.2 Å². The number of benzene rings is 2. The van der Waals surface area contributed by atoms with Crippen LogP contribution in [0.3, 0.4) is 0 Å². The molecule has 0 bridgehead atoms. The molecule has 0 spiro atoms. The lowest BCUT2D eigenvalue weighted by atomic mass is 9.97. The Morgan fingerprint density at radius 1 is 1.15 bits per heavy atom. The molecule has 2 aromatic carbocycles. The van der Waals surface area contributed by atoms with Crippen LogP contribution in [0.2, 0.25) is 0 Å². The standard InChI is InChI=1S/C26H25FNO5P/c1-4-23(34(31)32)22(29)15-24(30)33-26-20(17-10-12-19(27)13-11-17)14-21(28-25(26)16(2)3)18-8-6-5-7-9-18/h4-14,16,22-23,29H,1,15H2,2-3H3/p+1. The molecule has 0 fully saturated rings. The molecular formula is C26H26FNO5P+. The highest BCUT2D eigenvalue weighted by Crippen LogP contribution is 2.39. The molecule has 1 aromatic heterocycles. The van der Waals surface area contributed by atoms with Gasteiger partial charge in [-0.3, -0.25) is 4.79 Å². The third-order valence-corrected chi connectivity index (χ3v) is 6.32.